The maximum Gasteiger partial charge on any atom is 0.293 e. The average Bonchev–Trinajstić information content (AvgIpc) is 3.25. The lowest BCUT2D eigenvalue weighted by Crippen LogP contribution is -2.37. The van der Waals surface area contributed by atoms with E-state index in [2.05, 4.69) is 10.3 Å². The van der Waals surface area contributed by atoms with Crippen LogP contribution >= 0.6 is 11.8 Å². The summed E-state index contributed by atoms with van der Waals surface area (Å²) < 4.78 is 13.8. The normalized spacial score (nSPS) is 15.4. The third kappa shape index (κ3) is 4.13. The number of aromatic amines is 1. The van der Waals surface area contributed by atoms with Crippen LogP contribution in [0, 0.1) is 5.82 Å². The summed E-state index contributed by atoms with van der Waals surface area (Å²) in [5.41, 5.74) is 2.08. The second kappa shape index (κ2) is 8.54. The maximum absolute atomic E-state index is 13.8. The molecule has 3 aromatic rings. The second-order valence-electron chi connectivity index (χ2n) is 6.74. The molecule has 0 atom stereocenters. The zero-order valence-corrected chi connectivity index (χ0v) is 16.7. The van der Waals surface area contributed by atoms with Gasteiger partial charge in [0.15, 0.2) is 0 Å². The molecule has 0 bridgehead atoms. The summed E-state index contributed by atoms with van der Waals surface area (Å²) in [6.45, 7) is 0.200. The topological polar surface area (TPSA) is 82.3 Å². The summed E-state index contributed by atoms with van der Waals surface area (Å²) in [6.07, 6.45) is 3.36. The number of amides is 3. The Morgan fingerprint density at radius 3 is 2.73 bits per heavy atom. The first-order chi connectivity index (χ1) is 14.5. The van der Waals surface area contributed by atoms with E-state index in [0.717, 1.165) is 33.1 Å². The van der Waals surface area contributed by atoms with E-state index in [0.29, 0.717) is 0 Å². The largest absolute Gasteiger partial charge is 0.361 e. The smallest absolute Gasteiger partial charge is 0.293 e. The lowest BCUT2D eigenvalue weighted by molar-refractivity contribution is -0.124. The van der Waals surface area contributed by atoms with Crippen LogP contribution in [0.5, 0.6) is 0 Å². The van der Waals surface area contributed by atoms with E-state index in [-0.39, 0.29) is 35.9 Å². The van der Waals surface area contributed by atoms with Crippen molar-refractivity contribution >= 4 is 45.8 Å². The third-order valence-corrected chi connectivity index (χ3v) is 5.66. The quantitative estimate of drug-likeness (QED) is 0.593. The van der Waals surface area contributed by atoms with Crippen molar-refractivity contribution in [2.45, 2.75) is 6.42 Å². The Labute approximate surface area is 176 Å². The summed E-state index contributed by atoms with van der Waals surface area (Å²) in [5.74, 6) is -1.15. The number of benzene rings is 2. The number of para-hydroxylation sites is 1. The fraction of sp³-hybridized carbons (Fsp3) is 0.136. The van der Waals surface area contributed by atoms with Crippen LogP contribution in [0.4, 0.5) is 9.18 Å². The number of imide groups is 1. The number of carbonyl (C=O) groups is 3. The van der Waals surface area contributed by atoms with Gasteiger partial charge in [0, 0.05) is 35.8 Å². The number of carbonyl (C=O) groups excluding carboxylic acids is 3. The third-order valence-electron chi connectivity index (χ3n) is 4.75. The summed E-state index contributed by atoms with van der Waals surface area (Å²) in [4.78, 5) is 41.3. The molecule has 8 heteroatoms. The van der Waals surface area contributed by atoms with Crippen molar-refractivity contribution < 1.29 is 18.8 Å². The molecule has 152 valence electrons. The number of H-pyrrole nitrogens is 1. The van der Waals surface area contributed by atoms with Crippen LogP contribution in [-0.4, -0.2) is 40.0 Å². The predicted octanol–water partition coefficient (Wildman–Crippen LogP) is 3.70. The standard InChI is InChI=1S/C22H18FN3O3S/c23-17-7-3-1-5-14(17)11-19-21(28)26(22(29)30-19)10-9-24-20(27)12-15-13-25-18-8-4-2-6-16(15)18/h1-8,11,13,25H,9-10,12H2,(H,24,27)/b19-11-. The van der Waals surface area contributed by atoms with Gasteiger partial charge < -0.3 is 10.3 Å². The number of halogens is 1. The fourth-order valence-electron chi connectivity index (χ4n) is 3.25. The molecule has 4 rings (SSSR count). The van der Waals surface area contributed by atoms with E-state index in [4.69, 9.17) is 0 Å². The van der Waals surface area contributed by atoms with Gasteiger partial charge in [-0.25, -0.2) is 4.39 Å². The van der Waals surface area contributed by atoms with E-state index in [1.54, 1.807) is 18.3 Å². The van der Waals surface area contributed by atoms with Gasteiger partial charge in [0.25, 0.3) is 11.1 Å². The molecule has 0 aliphatic carbocycles. The predicted molar refractivity (Wildman–Crippen MR) is 114 cm³/mol. The summed E-state index contributed by atoms with van der Waals surface area (Å²) >= 11 is 0.764. The number of aromatic nitrogens is 1. The van der Waals surface area contributed by atoms with Gasteiger partial charge in [0.2, 0.25) is 5.91 Å². The van der Waals surface area contributed by atoms with Crippen LogP contribution in [0.25, 0.3) is 17.0 Å². The Kier molecular flexibility index (Phi) is 5.67. The molecule has 3 amide bonds. The van der Waals surface area contributed by atoms with E-state index in [1.165, 1.54) is 18.2 Å². The molecule has 1 aliphatic rings. The van der Waals surface area contributed by atoms with Crippen LogP contribution in [0.15, 0.2) is 59.6 Å². The summed E-state index contributed by atoms with van der Waals surface area (Å²) in [7, 11) is 0. The van der Waals surface area contributed by atoms with Crippen LogP contribution in [0.2, 0.25) is 0 Å². The van der Waals surface area contributed by atoms with Crippen molar-refractivity contribution in [3.63, 3.8) is 0 Å². The first-order valence-corrected chi connectivity index (χ1v) is 10.2. The minimum absolute atomic E-state index is 0.0545. The minimum Gasteiger partial charge on any atom is -0.361 e. The van der Waals surface area contributed by atoms with Crippen molar-refractivity contribution in [3.05, 3.63) is 76.6 Å². The van der Waals surface area contributed by atoms with Gasteiger partial charge in [0.1, 0.15) is 5.82 Å². The first kappa shape index (κ1) is 19.9. The molecule has 1 saturated heterocycles. The van der Waals surface area contributed by atoms with Crippen LogP contribution in [-0.2, 0) is 16.0 Å². The number of nitrogens with one attached hydrogen (secondary N) is 2. The lowest BCUT2D eigenvalue weighted by atomic mass is 10.1. The van der Waals surface area contributed by atoms with Crippen LogP contribution < -0.4 is 5.32 Å². The Morgan fingerprint density at radius 1 is 1.13 bits per heavy atom. The summed E-state index contributed by atoms with van der Waals surface area (Å²) in [6, 6.07) is 13.7. The number of nitrogens with zero attached hydrogens (tertiary/aromatic N) is 1. The SMILES string of the molecule is O=C(Cc1c[nH]c2ccccc12)NCCN1C(=O)S/C(=C\c2ccccc2F)C1=O. The van der Waals surface area contributed by atoms with Gasteiger partial charge in [-0.15, -0.1) is 0 Å². The number of hydrogen-bond donors (Lipinski definition) is 2. The first-order valence-electron chi connectivity index (χ1n) is 9.34. The molecule has 0 saturated carbocycles. The van der Waals surface area contributed by atoms with Gasteiger partial charge in [0.05, 0.1) is 11.3 Å². The van der Waals surface area contributed by atoms with E-state index < -0.39 is 17.0 Å². The molecule has 0 radical (unpaired) electrons. The highest BCUT2D eigenvalue weighted by molar-refractivity contribution is 8.18. The minimum atomic E-state index is -0.487. The van der Waals surface area contributed by atoms with E-state index >= 15 is 0 Å². The molecular formula is C22H18FN3O3S. The molecule has 30 heavy (non-hydrogen) atoms. The molecule has 1 aliphatic heterocycles. The molecule has 1 aromatic heterocycles. The Morgan fingerprint density at radius 2 is 1.90 bits per heavy atom. The monoisotopic (exact) mass is 423 g/mol. The highest BCUT2D eigenvalue weighted by Crippen LogP contribution is 2.32. The molecule has 2 aromatic carbocycles. The van der Waals surface area contributed by atoms with Crippen LogP contribution in [0.3, 0.4) is 0 Å². The molecule has 0 unspecified atom stereocenters. The maximum atomic E-state index is 13.8. The Hall–Kier alpha value is -3.39. The zero-order chi connectivity index (χ0) is 21.1. The molecule has 2 heterocycles. The fourth-order valence-corrected chi connectivity index (χ4v) is 4.10. The van der Waals surface area contributed by atoms with Crippen molar-refractivity contribution in [1.29, 1.82) is 0 Å². The summed E-state index contributed by atoms with van der Waals surface area (Å²) in [5, 5.41) is 3.29. The van der Waals surface area contributed by atoms with Gasteiger partial charge in [-0.3, -0.25) is 19.3 Å². The van der Waals surface area contributed by atoms with Crippen molar-refractivity contribution in [3.8, 4) is 0 Å². The Bertz CT molecular complexity index is 1170. The molecule has 2 N–H and O–H groups in total. The number of rotatable bonds is 6. The average molecular weight is 423 g/mol. The second-order valence-corrected chi connectivity index (χ2v) is 7.73. The highest BCUT2D eigenvalue weighted by atomic mass is 32.2. The number of thioether (sulfide) groups is 1. The zero-order valence-electron chi connectivity index (χ0n) is 15.9. The van der Waals surface area contributed by atoms with Gasteiger partial charge >= 0.3 is 0 Å². The Balaban J connectivity index is 1.33. The van der Waals surface area contributed by atoms with Crippen molar-refractivity contribution in [1.82, 2.24) is 15.2 Å². The lowest BCUT2D eigenvalue weighted by Gasteiger charge is -2.13. The van der Waals surface area contributed by atoms with Gasteiger partial charge in [-0.1, -0.05) is 36.4 Å². The highest BCUT2D eigenvalue weighted by Gasteiger charge is 2.34. The molecule has 6 nitrogen and oxygen atoms in total. The van der Waals surface area contributed by atoms with Gasteiger partial charge in [-0.05, 0) is 35.5 Å². The van der Waals surface area contributed by atoms with Crippen LogP contribution in [0.1, 0.15) is 11.1 Å². The van der Waals surface area contributed by atoms with Gasteiger partial charge in [-0.2, -0.15) is 0 Å². The number of fused-ring (bicyclic) bond motifs is 1. The van der Waals surface area contributed by atoms with Crippen molar-refractivity contribution in [2.24, 2.45) is 0 Å². The number of hydrogen-bond acceptors (Lipinski definition) is 4. The van der Waals surface area contributed by atoms with E-state index in [9.17, 15) is 18.8 Å². The van der Waals surface area contributed by atoms with Crippen molar-refractivity contribution in [2.75, 3.05) is 13.1 Å². The molecule has 0 spiro atoms. The van der Waals surface area contributed by atoms with E-state index in [1.807, 2.05) is 24.3 Å². The molecular weight excluding hydrogens is 405 g/mol. The molecule has 1 fully saturated rings.